The van der Waals surface area contributed by atoms with Gasteiger partial charge in [-0.3, -0.25) is 24.0 Å². The average Bonchev–Trinajstić information content (AvgIpc) is 4.13. The SMILES string of the molecule is COc1ccc2c(O[C@@H]3C[C@H]4C(=O)N[C@]5(C(=O)NS(=O)(=O)C6(C)CC6)C[C@H]5C=CCC[C@@H](C)C[C@@H](C)[C@H](N(C(=O)O)C(C)(C)C(F)(F)F)C(=O)N4C3)nc(-c3ccc(OC(C)C)c(F)c3)cc2c1. The second kappa shape index (κ2) is 18.3. The van der Waals surface area contributed by atoms with Gasteiger partial charge in [-0.15, -0.1) is 0 Å². The fourth-order valence-corrected chi connectivity index (χ4v) is 10.6. The van der Waals surface area contributed by atoms with Gasteiger partial charge in [-0.05, 0) is 133 Å². The lowest BCUT2D eigenvalue weighted by molar-refractivity contribution is -0.222. The number of amides is 4. The number of fused-ring (bicyclic) bond motifs is 3. The van der Waals surface area contributed by atoms with Crippen LogP contribution in [0.3, 0.4) is 0 Å². The molecule has 15 nitrogen and oxygen atoms in total. The molecule has 0 spiro atoms. The monoisotopic (exact) mass is 973 g/mol. The predicted molar refractivity (Wildman–Crippen MR) is 243 cm³/mol. The van der Waals surface area contributed by atoms with Gasteiger partial charge >= 0.3 is 12.3 Å². The van der Waals surface area contributed by atoms with Gasteiger partial charge in [0.25, 0.3) is 5.91 Å². The van der Waals surface area contributed by atoms with Crippen LogP contribution < -0.4 is 24.2 Å². The number of halogens is 4. The molecule has 0 unspecified atom stereocenters. The first-order valence-corrected chi connectivity index (χ1v) is 24.3. The van der Waals surface area contributed by atoms with Gasteiger partial charge < -0.3 is 29.5 Å². The Hall–Kier alpha value is -5.66. The number of nitrogens with one attached hydrogen (secondary N) is 2. The molecule has 7 rings (SSSR count). The van der Waals surface area contributed by atoms with E-state index in [1.807, 2.05) is 6.92 Å². The Morgan fingerprint density at radius 3 is 2.38 bits per heavy atom. The number of ether oxygens (including phenoxy) is 3. The molecule has 0 radical (unpaired) electrons. The maximum atomic E-state index is 15.4. The van der Waals surface area contributed by atoms with E-state index >= 15 is 9.18 Å². The Morgan fingerprint density at radius 2 is 1.76 bits per heavy atom. The van der Waals surface area contributed by atoms with E-state index < -0.39 is 98.2 Å². The minimum atomic E-state index is -5.14. The van der Waals surface area contributed by atoms with Crippen molar-refractivity contribution in [2.75, 3.05) is 13.7 Å². The molecule has 4 aliphatic rings. The van der Waals surface area contributed by atoms with E-state index in [1.54, 1.807) is 56.3 Å². The highest BCUT2D eigenvalue weighted by atomic mass is 32.2. The van der Waals surface area contributed by atoms with Crippen LogP contribution in [0.5, 0.6) is 17.4 Å². The van der Waals surface area contributed by atoms with E-state index in [-0.39, 0.29) is 53.5 Å². The first kappa shape index (κ1) is 50.2. The Bertz CT molecular complexity index is 2620. The normalized spacial score (nSPS) is 26.5. The van der Waals surface area contributed by atoms with Crippen LogP contribution in [-0.4, -0.2) is 112 Å². The van der Waals surface area contributed by atoms with Crippen molar-refractivity contribution in [1.82, 2.24) is 24.8 Å². The molecule has 1 saturated heterocycles. The molecule has 3 heterocycles. The summed E-state index contributed by atoms with van der Waals surface area (Å²) >= 11 is 0. The summed E-state index contributed by atoms with van der Waals surface area (Å²) < 4.78 is 105. The molecule has 2 saturated carbocycles. The maximum absolute atomic E-state index is 15.4. The van der Waals surface area contributed by atoms with Crippen molar-refractivity contribution < 1.29 is 64.5 Å². The van der Waals surface area contributed by atoms with E-state index in [1.165, 1.54) is 33.1 Å². The van der Waals surface area contributed by atoms with Gasteiger partial charge in [0.2, 0.25) is 27.7 Å². The van der Waals surface area contributed by atoms with Crippen LogP contribution in [0.1, 0.15) is 93.4 Å². The zero-order chi connectivity index (χ0) is 49.9. The van der Waals surface area contributed by atoms with E-state index in [0.717, 1.165) is 4.90 Å². The van der Waals surface area contributed by atoms with Crippen molar-refractivity contribution >= 4 is 44.6 Å². The summed E-state index contributed by atoms with van der Waals surface area (Å²) in [7, 11) is -2.70. The summed E-state index contributed by atoms with van der Waals surface area (Å²) in [6.45, 7) is 9.24. The quantitative estimate of drug-likeness (QED) is 0.126. The third kappa shape index (κ3) is 9.79. The number of allylic oxidation sites excluding steroid dienone is 1. The van der Waals surface area contributed by atoms with E-state index in [0.29, 0.717) is 61.6 Å². The summed E-state index contributed by atoms with van der Waals surface area (Å²) in [5.41, 5.74) is -4.28. The highest BCUT2D eigenvalue weighted by Crippen LogP contribution is 2.48. The first-order chi connectivity index (χ1) is 31.7. The zero-order valence-corrected chi connectivity index (χ0v) is 40.1. The Kier molecular flexibility index (Phi) is 13.5. The van der Waals surface area contributed by atoms with Crippen molar-refractivity contribution in [3.8, 4) is 28.6 Å². The van der Waals surface area contributed by atoms with Crippen LogP contribution in [0.4, 0.5) is 22.4 Å². The second-order valence-corrected chi connectivity index (χ2v) is 22.0. The number of carbonyl (C=O) groups excluding carboxylic acids is 3. The second-order valence-electron chi connectivity index (χ2n) is 19.8. The van der Waals surface area contributed by atoms with Crippen LogP contribution in [0.2, 0.25) is 0 Å². The summed E-state index contributed by atoms with van der Waals surface area (Å²) in [6, 6.07) is 7.46. The summed E-state index contributed by atoms with van der Waals surface area (Å²) in [4.78, 5) is 63.2. The van der Waals surface area contributed by atoms with Crippen molar-refractivity contribution in [3.63, 3.8) is 0 Å². The lowest BCUT2D eigenvalue weighted by atomic mass is 9.85. The maximum Gasteiger partial charge on any atom is 0.411 e. The van der Waals surface area contributed by atoms with Gasteiger partial charge in [-0.2, -0.15) is 13.2 Å². The molecule has 3 N–H and O–H groups in total. The van der Waals surface area contributed by atoms with Gasteiger partial charge in [-0.1, -0.05) is 26.0 Å². The number of hydrogen-bond acceptors (Lipinski definition) is 10. The predicted octanol–water partition coefficient (Wildman–Crippen LogP) is 7.76. The molecule has 68 heavy (non-hydrogen) atoms. The number of carbonyl (C=O) groups is 4. The molecule has 370 valence electrons. The van der Waals surface area contributed by atoms with Crippen LogP contribution >= 0.6 is 0 Å². The third-order valence-corrected chi connectivity index (χ3v) is 16.0. The number of aromatic nitrogens is 1. The van der Waals surface area contributed by atoms with Crippen LogP contribution in [0, 0.1) is 23.6 Å². The smallest absolute Gasteiger partial charge is 0.411 e. The molecule has 20 heteroatoms. The molecule has 2 aromatic carbocycles. The summed E-state index contributed by atoms with van der Waals surface area (Å²) in [5, 5.41) is 14.3. The number of carboxylic acid groups (broad SMARTS) is 1. The van der Waals surface area contributed by atoms with E-state index in [4.69, 9.17) is 19.2 Å². The average molecular weight is 974 g/mol. The number of methoxy groups -OCH3 is 1. The Labute approximate surface area is 393 Å². The van der Waals surface area contributed by atoms with Gasteiger partial charge in [-0.25, -0.2) is 22.6 Å². The topological polar surface area (TPSA) is 194 Å². The summed E-state index contributed by atoms with van der Waals surface area (Å²) in [6.07, 6.45) is -3.71. The molecule has 3 fully saturated rings. The number of benzene rings is 2. The molecular formula is C48H59F4N5O10S. The number of sulfonamides is 1. The zero-order valence-electron chi connectivity index (χ0n) is 39.3. The van der Waals surface area contributed by atoms with E-state index in [2.05, 4.69) is 10.0 Å². The lowest BCUT2D eigenvalue weighted by Crippen LogP contribution is -2.66. The van der Waals surface area contributed by atoms with Gasteiger partial charge in [0.15, 0.2) is 11.6 Å². The van der Waals surface area contributed by atoms with Gasteiger partial charge in [0.1, 0.15) is 35.0 Å². The van der Waals surface area contributed by atoms with Crippen LogP contribution in [0.25, 0.3) is 22.0 Å². The van der Waals surface area contributed by atoms with Crippen molar-refractivity contribution in [2.45, 2.75) is 140 Å². The molecule has 4 amide bonds. The third-order valence-electron chi connectivity index (χ3n) is 13.9. The lowest BCUT2D eigenvalue weighted by Gasteiger charge is -2.45. The molecule has 3 aromatic rings. The standard InChI is InChI=1S/C48H59F4N5O10S/c1-26(2)66-38-16-13-29(21-35(38)49)36-22-30-20-32(65-8)14-15-34(30)41(53-36)67-33-23-37-40(58)54-47(43(60)55-68(63,64)46(7)17-18-46)24-31(47)12-10-9-11-27(3)19-28(4)39(42(59)56(37)25-33)57(44(61)62)45(5,6)48(50,51)52/h10,12-16,20-22,26-28,31,33,37,39H,9,11,17-19,23-25H2,1-8H3,(H,54,58)(H,55,60)(H,61,62)/t27-,28-,31-,33-,37+,39+,47-/m1/s1. The number of hydrogen-bond donors (Lipinski definition) is 3. The number of rotatable bonds is 11. The fraction of sp³-hybridized carbons (Fsp3) is 0.562. The first-order valence-electron chi connectivity index (χ1n) is 22.8. The largest absolute Gasteiger partial charge is 0.497 e. The van der Waals surface area contributed by atoms with Crippen molar-refractivity contribution in [3.05, 3.63) is 60.4 Å². The molecule has 0 bridgehead atoms. The minimum absolute atomic E-state index is 0.00696. The molecular weight excluding hydrogens is 915 g/mol. The molecule has 2 aliphatic carbocycles. The van der Waals surface area contributed by atoms with Crippen LogP contribution in [-0.2, 0) is 24.4 Å². The summed E-state index contributed by atoms with van der Waals surface area (Å²) in [5.74, 6) is -5.11. The molecule has 7 atom stereocenters. The van der Waals surface area contributed by atoms with Crippen molar-refractivity contribution in [1.29, 1.82) is 0 Å². The number of nitrogens with zero attached hydrogens (tertiary/aromatic N) is 3. The van der Waals surface area contributed by atoms with E-state index in [9.17, 15) is 41.1 Å². The number of alkyl halides is 3. The number of pyridine rings is 1. The Morgan fingerprint density at radius 1 is 1.06 bits per heavy atom. The Balaban J connectivity index is 1.32. The fourth-order valence-electron chi connectivity index (χ4n) is 9.32. The van der Waals surface area contributed by atoms with Gasteiger partial charge in [0, 0.05) is 23.3 Å². The van der Waals surface area contributed by atoms with Crippen LogP contribution in [0.15, 0.2) is 54.6 Å². The highest BCUT2D eigenvalue weighted by molar-refractivity contribution is 7.91. The molecule has 2 aliphatic heterocycles. The minimum Gasteiger partial charge on any atom is -0.497 e. The molecule has 1 aromatic heterocycles. The van der Waals surface area contributed by atoms with Gasteiger partial charge in [0.05, 0.1) is 30.2 Å². The highest BCUT2D eigenvalue weighted by Gasteiger charge is 2.64. The van der Waals surface area contributed by atoms with Crippen molar-refractivity contribution in [2.24, 2.45) is 17.8 Å².